The quantitative estimate of drug-likeness (QED) is 0.748. The lowest BCUT2D eigenvalue weighted by Gasteiger charge is -2.35. The van der Waals surface area contributed by atoms with Crippen molar-refractivity contribution < 1.29 is 13.9 Å². The average Bonchev–Trinajstić information content (AvgIpc) is 2.76. The van der Waals surface area contributed by atoms with Gasteiger partial charge >= 0.3 is 6.03 Å². The van der Waals surface area contributed by atoms with E-state index in [9.17, 15) is 9.18 Å². The van der Waals surface area contributed by atoms with Crippen molar-refractivity contribution in [2.24, 2.45) is 0 Å². The molecule has 1 heterocycles. The molecule has 2 aromatic carbocycles. The van der Waals surface area contributed by atoms with Crippen molar-refractivity contribution in [1.29, 1.82) is 0 Å². The van der Waals surface area contributed by atoms with Gasteiger partial charge in [-0.2, -0.15) is 0 Å². The molecule has 7 heteroatoms. The summed E-state index contributed by atoms with van der Waals surface area (Å²) >= 11 is 0. The first-order chi connectivity index (χ1) is 14.5. The number of piperazine rings is 1. The van der Waals surface area contributed by atoms with Gasteiger partial charge < -0.3 is 24.8 Å². The number of carbonyl (C=O) groups is 1. The van der Waals surface area contributed by atoms with Gasteiger partial charge in [0.2, 0.25) is 0 Å². The lowest BCUT2D eigenvalue weighted by atomic mass is 10.1. The highest BCUT2D eigenvalue weighted by Crippen LogP contribution is 2.24. The van der Waals surface area contributed by atoms with Gasteiger partial charge in [-0.3, -0.25) is 0 Å². The molecule has 2 amide bonds. The van der Waals surface area contributed by atoms with E-state index in [1.807, 2.05) is 13.0 Å². The zero-order chi connectivity index (χ0) is 21.5. The molecule has 3 rings (SSSR count). The summed E-state index contributed by atoms with van der Waals surface area (Å²) in [7, 11) is 1.69. The number of nitrogens with zero attached hydrogens (tertiary/aromatic N) is 3. The van der Waals surface area contributed by atoms with E-state index in [-0.39, 0.29) is 18.4 Å². The molecule has 1 aliphatic heterocycles. The van der Waals surface area contributed by atoms with Gasteiger partial charge in [-0.05, 0) is 49.4 Å². The number of para-hydroxylation sites is 1. The summed E-state index contributed by atoms with van der Waals surface area (Å²) in [6.07, 6.45) is 0. The molecular formula is C23H31FN4O2. The van der Waals surface area contributed by atoms with Crippen LogP contribution in [0.3, 0.4) is 0 Å². The summed E-state index contributed by atoms with van der Waals surface area (Å²) < 4.78 is 19.0. The highest BCUT2D eigenvalue weighted by Gasteiger charge is 2.17. The van der Waals surface area contributed by atoms with Crippen LogP contribution in [0.25, 0.3) is 0 Å². The highest BCUT2D eigenvalue weighted by molar-refractivity contribution is 5.90. The summed E-state index contributed by atoms with van der Waals surface area (Å²) in [5.74, 6) is -0.214. The molecule has 1 saturated heterocycles. The van der Waals surface area contributed by atoms with Crippen molar-refractivity contribution in [3.8, 4) is 5.75 Å². The SMILES string of the molecule is CCN1CCN(c2ccc(NC(=O)N(C)CCOc3ccccc3F)c(C)c2)CC1. The summed E-state index contributed by atoms with van der Waals surface area (Å²) in [5.41, 5.74) is 3.00. The van der Waals surface area contributed by atoms with Crippen LogP contribution in [-0.2, 0) is 0 Å². The van der Waals surface area contributed by atoms with Crippen LogP contribution in [0, 0.1) is 12.7 Å². The number of urea groups is 1. The van der Waals surface area contributed by atoms with Crippen molar-refractivity contribution in [2.45, 2.75) is 13.8 Å². The Hall–Kier alpha value is -2.80. The van der Waals surface area contributed by atoms with Gasteiger partial charge in [0.25, 0.3) is 0 Å². The number of ether oxygens (including phenoxy) is 1. The number of amides is 2. The number of benzene rings is 2. The van der Waals surface area contributed by atoms with E-state index < -0.39 is 5.82 Å². The molecule has 30 heavy (non-hydrogen) atoms. The Balaban J connectivity index is 1.50. The second-order valence-electron chi connectivity index (χ2n) is 7.55. The summed E-state index contributed by atoms with van der Waals surface area (Å²) in [6, 6.07) is 12.2. The largest absolute Gasteiger partial charge is 0.489 e. The van der Waals surface area contributed by atoms with Gasteiger partial charge in [-0.15, -0.1) is 0 Å². The zero-order valence-electron chi connectivity index (χ0n) is 18.0. The van der Waals surface area contributed by atoms with Crippen LogP contribution in [-0.4, -0.2) is 68.8 Å². The van der Waals surface area contributed by atoms with E-state index in [0.29, 0.717) is 6.54 Å². The number of hydrogen-bond donors (Lipinski definition) is 1. The van der Waals surface area contributed by atoms with Gasteiger partial charge in [0.15, 0.2) is 11.6 Å². The Morgan fingerprint density at radius 1 is 1.17 bits per heavy atom. The number of anilines is 2. The summed E-state index contributed by atoms with van der Waals surface area (Å²) in [4.78, 5) is 18.9. The first kappa shape index (κ1) is 21.9. The molecule has 0 unspecified atom stereocenters. The molecule has 1 fully saturated rings. The maximum atomic E-state index is 13.6. The van der Waals surface area contributed by atoms with Crippen LogP contribution in [0.15, 0.2) is 42.5 Å². The highest BCUT2D eigenvalue weighted by atomic mass is 19.1. The molecule has 162 valence electrons. The molecule has 0 aromatic heterocycles. The van der Waals surface area contributed by atoms with Crippen LogP contribution in [0.4, 0.5) is 20.6 Å². The second kappa shape index (κ2) is 10.3. The molecular weight excluding hydrogens is 383 g/mol. The zero-order valence-corrected chi connectivity index (χ0v) is 18.0. The van der Waals surface area contributed by atoms with Crippen LogP contribution in [0.1, 0.15) is 12.5 Å². The molecule has 0 aliphatic carbocycles. The Kier molecular flexibility index (Phi) is 7.52. The monoisotopic (exact) mass is 414 g/mol. The first-order valence-electron chi connectivity index (χ1n) is 10.5. The van der Waals surface area contributed by atoms with E-state index >= 15 is 0 Å². The van der Waals surface area contributed by atoms with E-state index in [2.05, 4.69) is 34.2 Å². The molecule has 0 radical (unpaired) electrons. The first-order valence-corrected chi connectivity index (χ1v) is 10.5. The fourth-order valence-electron chi connectivity index (χ4n) is 3.47. The van der Waals surface area contributed by atoms with Crippen LogP contribution in [0.2, 0.25) is 0 Å². The van der Waals surface area contributed by atoms with E-state index in [1.165, 1.54) is 16.7 Å². The Bertz CT molecular complexity index is 853. The Morgan fingerprint density at radius 3 is 2.57 bits per heavy atom. The Morgan fingerprint density at radius 2 is 1.90 bits per heavy atom. The van der Waals surface area contributed by atoms with Crippen molar-refractivity contribution in [2.75, 3.05) is 63.1 Å². The second-order valence-corrected chi connectivity index (χ2v) is 7.55. The molecule has 1 N–H and O–H groups in total. The van der Waals surface area contributed by atoms with E-state index in [1.54, 1.807) is 25.2 Å². The van der Waals surface area contributed by atoms with Gasteiger partial charge in [-0.1, -0.05) is 19.1 Å². The number of carbonyl (C=O) groups excluding carboxylic acids is 1. The minimum absolute atomic E-state index is 0.192. The third-order valence-corrected chi connectivity index (χ3v) is 5.50. The van der Waals surface area contributed by atoms with Crippen LogP contribution >= 0.6 is 0 Å². The number of nitrogens with one attached hydrogen (secondary N) is 1. The molecule has 0 saturated carbocycles. The van der Waals surface area contributed by atoms with Gasteiger partial charge in [0.1, 0.15) is 6.61 Å². The topological polar surface area (TPSA) is 48.0 Å². The fourth-order valence-corrected chi connectivity index (χ4v) is 3.47. The predicted molar refractivity (Wildman–Crippen MR) is 119 cm³/mol. The molecule has 2 aromatic rings. The molecule has 0 spiro atoms. The smallest absolute Gasteiger partial charge is 0.321 e. The number of rotatable bonds is 7. The number of hydrogen-bond acceptors (Lipinski definition) is 4. The maximum Gasteiger partial charge on any atom is 0.321 e. The lowest BCUT2D eigenvalue weighted by molar-refractivity contribution is 0.206. The van der Waals surface area contributed by atoms with Gasteiger partial charge in [-0.25, -0.2) is 9.18 Å². The van der Waals surface area contributed by atoms with E-state index in [4.69, 9.17) is 4.74 Å². The normalized spacial score (nSPS) is 14.5. The molecule has 0 atom stereocenters. The maximum absolute atomic E-state index is 13.6. The molecule has 1 aliphatic rings. The minimum Gasteiger partial charge on any atom is -0.489 e. The third-order valence-electron chi connectivity index (χ3n) is 5.50. The van der Waals surface area contributed by atoms with Crippen molar-refractivity contribution >= 4 is 17.4 Å². The summed E-state index contributed by atoms with van der Waals surface area (Å²) in [5, 5.41) is 2.95. The van der Waals surface area contributed by atoms with Crippen LogP contribution in [0.5, 0.6) is 5.75 Å². The average molecular weight is 415 g/mol. The predicted octanol–water partition coefficient (Wildman–Crippen LogP) is 3.82. The number of aryl methyl sites for hydroxylation is 1. The fraction of sp³-hybridized carbons (Fsp3) is 0.435. The number of likely N-dealkylation sites (N-methyl/N-ethyl adjacent to an activating group) is 2. The van der Waals surface area contributed by atoms with Crippen molar-refractivity contribution in [3.63, 3.8) is 0 Å². The van der Waals surface area contributed by atoms with Crippen molar-refractivity contribution in [1.82, 2.24) is 9.80 Å². The van der Waals surface area contributed by atoms with E-state index in [0.717, 1.165) is 44.0 Å². The summed E-state index contributed by atoms with van der Waals surface area (Å²) in [6.45, 7) is 10.0. The number of halogens is 1. The van der Waals surface area contributed by atoms with Gasteiger partial charge in [0, 0.05) is 44.6 Å². The lowest BCUT2D eigenvalue weighted by Crippen LogP contribution is -2.46. The third kappa shape index (κ3) is 5.63. The minimum atomic E-state index is -0.406. The molecule has 6 nitrogen and oxygen atoms in total. The Labute approximate surface area is 178 Å². The molecule has 0 bridgehead atoms. The van der Waals surface area contributed by atoms with Crippen LogP contribution < -0.4 is 15.0 Å². The van der Waals surface area contributed by atoms with Crippen molar-refractivity contribution in [3.05, 3.63) is 53.8 Å². The van der Waals surface area contributed by atoms with Gasteiger partial charge in [0.05, 0.1) is 6.54 Å². The standard InChI is InChI=1S/C23H31FN4O2/c1-4-27-11-13-28(14-12-27)19-9-10-21(18(2)17-19)25-23(29)26(3)15-16-30-22-8-6-5-7-20(22)24/h5-10,17H,4,11-16H2,1-3H3,(H,25,29).